The average molecular weight is 599 g/mol. The van der Waals surface area contributed by atoms with E-state index in [9.17, 15) is 9.59 Å². The Kier molecular flexibility index (Phi) is 6.66. The summed E-state index contributed by atoms with van der Waals surface area (Å²) in [5.74, 6) is -0.485. The van der Waals surface area contributed by atoms with Gasteiger partial charge in [0.1, 0.15) is 0 Å². The molecule has 2 aromatic heterocycles. The number of carbonyl (C=O) groups excluding carboxylic acids is 1. The van der Waals surface area contributed by atoms with Crippen LogP contribution in [0, 0.1) is 6.92 Å². The maximum Gasteiger partial charge on any atom is 0.338 e. The monoisotopic (exact) mass is 597 g/mol. The summed E-state index contributed by atoms with van der Waals surface area (Å²) >= 11 is 4.86. The highest BCUT2D eigenvalue weighted by molar-refractivity contribution is 9.10. The minimum atomic E-state index is -0.685. The molecule has 1 aliphatic rings. The van der Waals surface area contributed by atoms with Crippen LogP contribution in [0.3, 0.4) is 0 Å². The number of H-pyrrole nitrogens is 1. The largest absolute Gasteiger partial charge is 0.463 e. The van der Waals surface area contributed by atoms with Crippen LogP contribution in [0.15, 0.2) is 98.8 Å². The van der Waals surface area contributed by atoms with Gasteiger partial charge in [0.2, 0.25) is 0 Å². The van der Waals surface area contributed by atoms with Crippen molar-refractivity contribution in [2.75, 3.05) is 6.61 Å². The highest BCUT2D eigenvalue weighted by Crippen LogP contribution is 2.35. The molecule has 6 rings (SSSR count). The molecule has 194 valence electrons. The number of halogens is 1. The van der Waals surface area contributed by atoms with Gasteiger partial charge in [-0.2, -0.15) is 0 Å². The molecule has 0 bridgehead atoms. The number of rotatable bonds is 5. The lowest BCUT2D eigenvalue weighted by molar-refractivity contribution is -0.138. The molecule has 0 radical (unpaired) electrons. The van der Waals surface area contributed by atoms with Crippen LogP contribution in [0.5, 0.6) is 0 Å². The van der Waals surface area contributed by atoms with Crippen molar-refractivity contribution in [1.82, 2.24) is 9.55 Å². The normalized spacial score (nSPS) is 15.4. The van der Waals surface area contributed by atoms with E-state index < -0.39 is 12.0 Å². The smallest absolute Gasteiger partial charge is 0.338 e. The van der Waals surface area contributed by atoms with Gasteiger partial charge in [0, 0.05) is 32.7 Å². The molecular formula is C31H24BrN3O3S. The van der Waals surface area contributed by atoms with Crippen molar-refractivity contribution in [3.63, 3.8) is 0 Å². The third-order valence-corrected chi connectivity index (χ3v) is 8.21. The van der Waals surface area contributed by atoms with Crippen molar-refractivity contribution in [3.8, 4) is 0 Å². The van der Waals surface area contributed by atoms with Crippen LogP contribution in [-0.2, 0) is 9.53 Å². The van der Waals surface area contributed by atoms with Gasteiger partial charge in [-0.05, 0) is 43.7 Å². The average Bonchev–Trinajstić information content (AvgIpc) is 3.48. The molecule has 0 fully saturated rings. The summed E-state index contributed by atoms with van der Waals surface area (Å²) in [6.45, 7) is 3.99. The zero-order chi connectivity index (χ0) is 27.1. The maximum absolute atomic E-state index is 14.1. The fourth-order valence-electron chi connectivity index (χ4n) is 4.88. The van der Waals surface area contributed by atoms with Gasteiger partial charge < -0.3 is 9.72 Å². The van der Waals surface area contributed by atoms with E-state index in [4.69, 9.17) is 9.73 Å². The fourth-order valence-corrected chi connectivity index (χ4v) is 6.23. The first-order chi connectivity index (χ1) is 18.9. The summed E-state index contributed by atoms with van der Waals surface area (Å²) in [4.78, 5) is 36.3. The number of benzene rings is 3. The number of thiazole rings is 1. The van der Waals surface area contributed by atoms with Gasteiger partial charge in [0.15, 0.2) is 4.80 Å². The minimum Gasteiger partial charge on any atom is -0.463 e. The molecule has 0 amide bonds. The third-order valence-electron chi connectivity index (χ3n) is 6.73. The second-order valence-electron chi connectivity index (χ2n) is 9.28. The molecule has 1 aliphatic heterocycles. The zero-order valence-electron chi connectivity index (χ0n) is 21.3. The number of aromatic amines is 1. The van der Waals surface area contributed by atoms with Crippen LogP contribution in [0.4, 0.5) is 0 Å². The van der Waals surface area contributed by atoms with Crippen LogP contribution >= 0.6 is 27.3 Å². The van der Waals surface area contributed by atoms with E-state index in [0.29, 0.717) is 20.6 Å². The van der Waals surface area contributed by atoms with Crippen molar-refractivity contribution >= 4 is 55.9 Å². The first-order valence-corrected chi connectivity index (χ1v) is 14.2. The van der Waals surface area contributed by atoms with Gasteiger partial charge in [0.25, 0.3) is 5.56 Å². The van der Waals surface area contributed by atoms with Gasteiger partial charge in [-0.25, -0.2) is 9.79 Å². The molecule has 8 heteroatoms. The molecular weight excluding hydrogens is 574 g/mol. The second-order valence-corrected chi connectivity index (χ2v) is 11.2. The number of esters is 1. The van der Waals surface area contributed by atoms with Crippen LogP contribution in [0.2, 0.25) is 0 Å². The first kappa shape index (κ1) is 25.3. The van der Waals surface area contributed by atoms with E-state index in [1.165, 1.54) is 11.3 Å². The van der Waals surface area contributed by atoms with Gasteiger partial charge in [-0.1, -0.05) is 87.4 Å². The second kappa shape index (κ2) is 10.3. The lowest BCUT2D eigenvalue weighted by Gasteiger charge is -2.26. The number of ether oxygens (including phenoxy) is 1. The van der Waals surface area contributed by atoms with Crippen LogP contribution < -0.4 is 14.9 Å². The van der Waals surface area contributed by atoms with Gasteiger partial charge in [-0.3, -0.25) is 9.36 Å². The topological polar surface area (TPSA) is 76.4 Å². The summed E-state index contributed by atoms with van der Waals surface area (Å²) in [7, 11) is 0. The number of hydrogen-bond donors (Lipinski definition) is 1. The summed E-state index contributed by atoms with van der Waals surface area (Å²) in [5.41, 5.74) is 5.23. The van der Waals surface area contributed by atoms with E-state index in [-0.39, 0.29) is 12.2 Å². The number of aromatic nitrogens is 2. The Labute approximate surface area is 236 Å². The van der Waals surface area contributed by atoms with Crippen molar-refractivity contribution in [2.24, 2.45) is 4.99 Å². The molecule has 0 saturated heterocycles. The molecule has 6 nitrogen and oxygen atoms in total. The zero-order valence-corrected chi connectivity index (χ0v) is 23.7. The van der Waals surface area contributed by atoms with Crippen LogP contribution in [-0.4, -0.2) is 22.1 Å². The molecule has 1 N–H and O–H groups in total. The minimum absolute atomic E-state index is 0.206. The standard InChI is InChI=1S/C31H24BrN3O3S/c1-3-38-30(37)26-27(19-7-5-4-6-8-19)34-31-35(28(26)20-11-9-18(2)10-12-20)29(36)25(39-31)15-21-17-33-24-14-13-22(32)16-23(21)24/h4-17,28,33H,3H2,1-2H3/b25-15-/t28-/m1/s1. The van der Waals surface area contributed by atoms with Crippen LogP contribution in [0.25, 0.3) is 22.7 Å². The summed E-state index contributed by atoms with van der Waals surface area (Å²) < 4.78 is 8.65. The van der Waals surface area contributed by atoms with Gasteiger partial charge >= 0.3 is 5.97 Å². The Bertz CT molecular complexity index is 1930. The number of nitrogens with zero attached hydrogens (tertiary/aromatic N) is 2. The van der Waals surface area contributed by atoms with Gasteiger partial charge in [0.05, 0.1) is 28.5 Å². The number of hydrogen-bond acceptors (Lipinski definition) is 5. The molecule has 0 aliphatic carbocycles. The third kappa shape index (κ3) is 4.60. The van der Waals surface area contributed by atoms with Crippen molar-refractivity contribution < 1.29 is 9.53 Å². The summed E-state index contributed by atoms with van der Waals surface area (Å²) in [5, 5.41) is 1.00. The quantitative estimate of drug-likeness (QED) is 0.272. The predicted molar refractivity (Wildman–Crippen MR) is 158 cm³/mol. The maximum atomic E-state index is 14.1. The van der Waals surface area contributed by atoms with Crippen molar-refractivity contribution in [3.05, 3.63) is 131 Å². The van der Waals surface area contributed by atoms with E-state index >= 15 is 0 Å². The number of nitrogens with one attached hydrogen (secondary N) is 1. The first-order valence-electron chi connectivity index (χ1n) is 12.6. The SMILES string of the molecule is CCOC(=O)C1=C(c2ccccc2)N=c2s/c(=C\c3c[nH]c4ccc(Br)cc34)c(=O)n2[C@@H]1c1ccc(C)cc1. The van der Waals surface area contributed by atoms with E-state index in [2.05, 4.69) is 20.9 Å². The number of aryl methyl sites for hydroxylation is 1. The number of carbonyl (C=O) groups is 1. The Hall–Kier alpha value is -4.01. The highest BCUT2D eigenvalue weighted by atomic mass is 79.9. The lowest BCUT2D eigenvalue weighted by Crippen LogP contribution is -2.40. The van der Waals surface area contributed by atoms with E-state index in [1.807, 2.05) is 92.0 Å². The summed E-state index contributed by atoms with van der Waals surface area (Å²) in [6.07, 6.45) is 3.78. The molecule has 0 spiro atoms. The highest BCUT2D eigenvalue weighted by Gasteiger charge is 2.35. The fraction of sp³-hybridized carbons (Fsp3) is 0.129. The van der Waals surface area contributed by atoms with E-state index in [1.54, 1.807) is 11.5 Å². The predicted octanol–water partition coefficient (Wildman–Crippen LogP) is 5.49. The Morgan fingerprint density at radius 2 is 1.90 bits per heavy atom. The van der Waals surface area contributed by atoms with E-state index in [0.717, 1.165) is 37.6 Å². The Balaban J connectivity index is 1.65. The molecule has 0 unspecified atom stereocenters. The Morgan fingerprint density at radius 1 is 1.13 bits per heavy atom. The molecule has 3 heterocycles. The number of fused-ring (bicyclic) bond motifs is 2. The van der Waals surface area contributed by atoms with Gasteiger partial charge in [-0.15, -0.1) is 0 Å². The molecule has 39 heavy (non-hydrogen) atoms. The van der Waals surface area contributed by atoms with Crippen molar-refractivity contribution in [1.29, 1.82) is 0 Å². The molecule has 5 aromatic rings. The lowest BCUT2D eigenvalue weighted by atomic mass is 9.92. The molecule has 3 aromatic carbocycles. The Morgan fingerprint density at radius 3 is 2.64 bits per heavy atom. The van der Waals surface area contributed by atoms with Crippen LogP contribution in [0.1, 0.15) is 35.2 Å². The summed E-state index contributed by atoms with van der Waals surface area (Å²) in [6, 6.07) is 22.8. The van der Waals surface area contributed by atoms with Crippen molar-refractivity contribution in [2.45, 2.75) is 19.9 Å². The molecule has 0 saturated carbocycles. The molecule has 1 atom stereocenters.